The third-order valence-electron chi connectivity index (χ3n) is 3.17. The average molecular weight is 221 g/mol. The van der Waals surface area contributed by atoms with Gasteiger partial charge < -0.3 is 15.9 Å². The second-order valence-electron chi connectivity index (χ2n) is 4.29. The smallest absolute Gasteiger partial charge is 0.303 e. The molecule has 4 heteroatoms. The van der Waals surface area contributed by atoms with Crippen molar-refractivity contribution in [3.63, 3.8) is 0 Å². The molecule has 16 heavy (non-hydrogen) atoms. The highest BCUT2D eigenvalue weighted by atomic mass is 16.4. The fourth-order valence-electron chi connectivity index (χ4n) is 2.41. The van der Waals surface area contributed by atoms with Crippen molar-refractivity contribution in [2.24, 2.45) is 5.73 Å². The summed E-state index contributed by atoms with van der Waals surface area (Å²) in [5.41, 5.74) is 8.12. The minimum Gasteiger partial charge on any atom is -0.508 e. The van der Waals surface area contributed by atoms with Gasteiger partial charge in [-0.15, -0.1) is 0 Å². The summed E-state index contributed by atoms with van der Waals surface area (Å²) < 4.78 is 0. The molecule has 0 radical (unpaired) electrons. The second kappa shape index (κ2) is 4.14. The molecule has 0 saturated carbocycles. The van der Waals surface area contributed by atoms with E-state index in [-0.39, 0.29) is 24.1 Å². The number of nitrogens with two attached hydrogens (primary N) is 1. The molecule has 0 bridgehead atoms. The Balaban J connectivity index is 2.19. The fraction of sp³-hybridized carbons (Fsp3) is 0.417. The zero-order valence-corrected chi connectivity index (χ0v) is 8.89. The van der Waals surface area contributed by atoms with E-state index in [9.17, 15) is 9.90 Å². The highest BCUT2D eigenvalue weighted by Crippen LogP contribution is 2.37. The summed E-state index contributed by atoms with van der Waals surface area (Å²) in [7, 11) is 0. The van der Waals surface area contributed by atoms with Gasteiger partial charge in [-0.2, -0.15) is 0 Å². The summed E-state index contributed by atoms with van der Waals surface area (Å²) in [4.78, 5) is 10.5. The van der Waals surface area contributed by atoms with Crippen LogP contribution in [-0.2, 0) is 11.2 Å². The van der Waals surface area contributed by atoms with Gasteiger partial charge in [-0.25, -0.2) is 0 Å². The Labute approximate surface area is 93.7 Å². The molecule has 86 valence electrons. The molecule has 0 saturated heterocycles. The van der Waals surface area contributed by atoms with Crippen molar-refractivity contribution in [1.29, 1.82) is 0 Å². The van der Waals surface area contributed by atoms with Crippen molar-refractivity contribution in [3.05, 3.63) is 29.3 Å². The molecule has 2 rings (SSSR count). The van der Waals surface area contributed by atoms with E-state index in [1.54, 1.807) is 12.1 Å². The van der Waals surface area contributed by atoms with Crippen LogP contribution in [0.25, 0.3) is 0 Å². The highest BCUT2D eigenvalue weighted by Gasteiger charge is 2.30. The third-order valence-corrected chi connectivity index (χ3v) is 3.17. The first-order valence-corrected chi connectivity index (χ1v) is 5.37. The highest BCUT2D eigenvalue weighted by molar-refractivity contribution is 5.66. The Morgan fingerprint density at radius 3 is 2.94 bits per heavy atom. The van der Waals surface area contributed by atoms with Crippen molar-refractivity contribution in [2.75, 3.05) is 0 Å². The van der Waals surface area contributed by atoms with E-state index in [1.165, 1.54) is 0 Å². The molecule has 1 aromatic carbocycles. The van der Waals surface area contributed by atoms with Gasteiger partial charge >= 0.3 is 5.97 Å². The molecule has 0 spiro atoms. The molecule has 0 amide bonds. The Morgan fingerprint density at radius 1 is 1.50 bits per heavy atom. The molecular formula is C12H15NO3. The first-order chi connectivity index (χ1) is 7.58. The summed E-state index contributed by atoms with van der Waals surface area (Å²) in [6, 6.07) is 5.17. The van der Waals surface area contributed by atoms with Crippen molar-refractivity contribution in [3.8, 4) is 5.75 Å². The zero-order valence-electron chi connectivity index (χ0n) is 8.89. The van der Waals surface area contributed by atoms with Crippen molar-refractivity contribution in [2.45, 2.75) is 31.2 Å². The van der Waals surface area contributed by atoms with Gasteiger partial charge in [0.1, 0.15) is 5.75 Å². The second-order valence-corrected chi connectivity index (χ2v) is 4.29. The lowest BCUT2D eigenvalue weighted by Gasteiger charge is -2.15. The predicted octanol–water partition coefficient (Wildman–Crippen LogP) is 1.22. The lowest BCUT2D eigenvalue weighted by atomic mass is 9.93. The van der Waals surface area contributed by atoms with Crippen molar-refractivity contribution in [1.82, 2.24) is 0 Å². The predicted molar refractivity (Wildman–Crippen MR) is 59.4 cm³/mol. The standard InChI is InChI=1S/C12H15NO3/c13-11-6-7-5-8(14)1-2-9(7)10(11)3-4-12(15)16/h1-2,5,10-11,14H,3-4,6,13H2,(H,15,16). The van der Waals surface area contributed by atoms with Gasteiger partial charge in [-0.05, 0) is 36.1 Å². The SMILES string of the molecule is NC1Cc2cc(O)ccc2C1CCC(=O)O. The summed E-state index contributed by atoms with van der Waals surface area (Å²) in [6.07, 6.45) is 1.42. The number of hydrogen-bond donors (Lipinski definition) is 3. The number of phenols is 1. The maximum atomic E-state index is 10.5. The fourth-order valence-corrected chi connectivity index (χ4v) is 2.41. The summed E-state index contributed by atoms with van der Waals surface area (Å²) in [5, 5.41) is 18.0. The maximum Gasteiger partial charge on any atom is 0.303 e. The van der Waals surface area contributed by atoms with Gasteiger partial charge in [0.15, 0.2) is 0 Å². The monoisotopic (exact) mass is 221 g/mol. The average Bonchev–Trinajstić information content (AvgIpc) is 2.50. The molecule has 4 N–H and O–H groups in total. The Kier molecular flexibility index (Phi) is 2.83. The Morgan fingerprint density at radius 2 is 2.25 bits per heavy atom. The number of aliphatic carboxylic acids is 1. The summed E-state index contributed by atoms with van der Waals surface area (Å²) in [5.74, 6) is -0.448. The topological polar surface area (TPSA) is 83.5 Å². The molecule has 2 atom stereocenters. The maximum absolute atomic E-state index is 10.5. The van der Waals surface area contributed by atoms with Crippen LogP contribution in [0.4, 0.5) is 0 Å². The van der Waals surface area contributed by atoms with Crippen LogP contribution >= 0.6 is 0 Å². The van der Waals surface area contributed by atoms with E-state index < -0.39 is 5.97 Å². The number of phenolic OH excluding ortho intramolecular Hbond substituents is 1. The van der Waals surface area contributed by atoms with Gasteiger partial charge in [-0.3, -0.25) is 4.79 Å². The molecule has 0 fully saturated rings. The normalized spacial score (nSPS) is 23.1. The van der Waals surface area contributed by atoms with E-state index in [4.69, 9.17) is 10.8 Å². The van der Waals surface area contributed by atoms with Crippen LogP contribution in [0, 0.1) is 0 Å². The first-order valence-electron chi connectivity index (χ1n) is 5.37. The quantitative estimate of drug-likeness (QED) is 0.716. The lowest BCUT2D eigenvalue weighted by molar-refractivity contribution is -0.137. The Hall–Kier alpha value is -1.55. The molecule has 1 aliphatic carbocycles. The van der Waals surface area contributed by atoms with Crippen molar-refractivity contribution >= 4 is 5.97 Å². The Bertz CT molecular complexity index is 417. The molecule has 0 aliphatic heterocycles. The molecular weight excluding hydrogens is 206 g/mol. The van der Waals surface area contributed by atoms with Crippen LogP contribution < -0.4 is 5.73 Å². The minimum absolute atomic E-state index is 0.0313. The van der Waals surface area contributed by atoms with E-state index in [1.807, 2.05) is 6.07 Å². The number of hydrogen-bond acceptors (Lipinski definition) is 3. The zero-order chi connectivity index (χ0) is 11.7. The molecule has 2 unspecified atom stereocenters. The van der Waals surface area contributed by atoms with Gasteiger partial charge in [0.2, 0.25) is 0 Å². The molecule has 0 aromatic heterocycles. The number of aromatic hydroxyl groups is 1. The molecule has 1 aliphatic rings. The molecule has 4 nitrogen and oxygen atoms in total. The van der Waals surface area contributed by atoms with Crippen molar-refractivity contribution < 1.29 is 15.0 Å². The van der Waals surface area contributed by atoms with Gasteiger partial charge in [0.25, 0.3) is 0 Å². The number of carboxylic acid groups (broad SMARTS) is 1. The van der Waals surface area contributed by atoms with E-state index in [0.29, 0.717) is 12.8 Å². The van der Waals surface area contributed by atoms with E-state index >= 15 is 0 Å². The van der Waals surface area contributed by atoms with Gasteiger partial charge in [0, 0.05) is 18.4 Å². The van der Waals surface area contributed by atoms with Crippen LogP contribution in [0.1, 0.15) is 29.9 Å². The van der Waals surface area contributed by atoms with Gasteiger partial charge in [-0.1, -0.05) is 6.07 Å². The summed E-state index contributed by atoms with van der Waals surface area (Å²) >= 11 is 0. The molecule has 1 aromatic rings. The molecule has 0 heterocycles. The number of carbonyl (C=O) groups is 1. The van der Waals surface area contributed by atoms with Crippen LogP contribution in [0.5, 0.6) is 5.75 Å². The first kappa shape index (κ1) is 11.0. The van der Waals surface area contributed by atoms with E-state index in [2.05, 4.69) is 0 Å². The van der Waals surface area contributed by atoms with E-state index in [0.717, 1.165) is 11.1 Å². The van der Waals surface area contributed by atoms with Gasteiger partial charge in [0.05, 0.1) is 0 Å². The number of rotatable bonds is 3. The summed E-state index contributed by atoms with van der Waals surface area (Å²) in [6.45, 7) is 0. The number of benzene rings is 1. The minimum atomic E-state index is -0.792. The number of fused-ring (bicyclic) bond motifs is 1. The largest absolute Gasteiger partial charge is 0.508 e. The van der Waals surface area contributed by atoms with Crippen LogP contribution in [0.2, 0.25) is 0 Å². The van der Waals surface area contributed by atoms with Crippen LogP contribution in [-0.4, -0.2) is 22.2 Å². The van der Waals surface area contributed by atoms with Crippen LogP contribution in [0.15, 0.2) is 18.2 Å². The van der Waals surface area contributed by atoms with Crippen LogP contribution in [0.3, 0.4) is 0 Å². The third kappa shape index (κ3) is 2.02. The lowest BCUT2D eigenvalue weighted by Crippen LogP contribution is -2.25. The number of carboxylic acids is 1.